The number of aryl methyl sites for hydroxylation is 1. The van der Waals surface area contributed by atoms with Crippen LogP contribution in [0.25, 0.3) is 0 Å². The van der Waals surface area contributed by atoms with Crippen molar-refractivity contribution in [3.8, 4) is 5.75 Å². The first kappa shape index (κ1) is 15.8. The number of hydrogen-bond donors (Lipinski definition) is 1. The van der Waals surface area contributed by atoms with Crippen molar-refractivity contribution in [2.45, 2.75) is 39.2 Å². The van der Waals surface area contributed by atoms with Crippen molar-refractivity contribution < 1.29 is 14.6 Å². The van der Waals surface area contributed by atoms with Crippen molar-refractivity contribution in [2.24, 2.45) is 5.92 Å². The van der Waals surface area contributed by atoms with Crippen LogP contribution in [0.2, 0.25) is 0 Å². The third-order valence-electron chi connectivity index (χ3n) is 4.04. The van der Waals surface area contributed by atoms with Crippen LogP contribution < -0.4 is 4.74 Å². The molecule has 0 aliphatic carbocycles. The van der Waals surface area contributed by atoms with Crippen LogP contribution >= 0.6 is 0 Å². The summed E-state index contributed by atoms with van der Waals surface area (Å²) in [4.78, 5) is 14.0. The van der Waals surface area contributed by atoms with Gasteiger partial charge in [0.15, 0.2) is 0 Å². The highest BCUT2D eigenvalue weighted by Gasteiger charge is 2.26. The second kappa shape index (κ2) is 7.46. The molecule has 1 N–H and O–H groups in total. The van der Waals surface area contributed by atoms with Crippen LogP contribution in [0, 0.1) is 12.8 Å². The molecule has 1 aromatic carbocycles. The lowest BCUT2D eigenvalue weighted by Crippen LogP contribution is -2.44. The Balaban J connectivity index is 1.66. The number of rotatable bonds is 5. The van der Waals surface area contributed by atoms with Gasteiger partial charge in [-0.15, -0.1) is 0 Å². The molecule has 1 aromatic rings. The molecular formula is C17H25NO3. The Hall–Kier alpha value is -1.55. The van der Waals surface area contributed by atoms with E-state index in [1.54, 1.807) is 0 Å². The van der Waals surface area contributed by atoms with Gasteiger partial charge in [0.2, 0.25) is 5.91 Å². The number of aliphatic hydroxyl groups is 1. The first-order chi connectivity index (χ1) is 10.1. The van der Waals surface area contributed by atoms with E-state index in [2.05, 4.69) is 0 Å². The maximum atomic E-state index is 12.1. The van der Waals surface area contributed by atoms with Crippen LogP contribution in [0.1, 0.15) is 31.7 Å². The molecule has 0 spiro atoms. The monoisotopic (exact) mass is 291 g/mol. The first-order valence-electron chi connectivity index (χ1n) is 7.71. The molecule has 2 unspecified atom stereocenters. The zero-order chi connectivity index (χ0) is 15.2. The average Bonchev–Trinajstić information content (AvgIpc) is 2.48. The number of aliphatic hydroxyl groups excluding tert-OH is 1. The summed E-state index contributed by atoms with van der Waals surface area (Å²) in [5.74, 6) is 1.19. The summed E-state index contributed by atoms with van der Waals surface area (Å²) in [5.41, 5.74) is 1.21. The molecule has 21 heavy (non-hydrogen) atoms. The summed E-state index contributed by atoms with van der Waals surface area (Å²) in [5, 5.41) is 9.68. The van der Waals surface area contributed by atoms with Gasteiger partial charge in [-0.3, -0.25) is 4.79 Å². The maximum Gasteiger partial charge on any atom is 0.222 e. The zero-order valence-corrected chi connectivity index (χ0v) is 12.9. The predicted octanol–water partition coefficient (Wildman–Crippen LogP) is 2.38. The summed E-state index contributed by atoms with van der Waals surface area (Å²) in [6.45, 7) is 5.92. The highest BCUT2D eigenvalue weighted by molar-refractivity contribution is 5.76. The minimum Gasteiger partial charge on any atom is -0.494 e. The van der Waals surface area contributed by atoms with Gasteiger partial charge in [-0.1, -0.05) is 24.6 Å². The minimum atomic E-state index is -0.265. The molecule has 1 amide bonds. The topological polar surface area (TPSA) is 49.8 Å². The molecule has 1 fully saturated rings. The molecule has 4 nitrogen and oxygen atoms in total. The Bertz CT molecular complexity index is 458. The summed E-state index contributed by atoms with van der Waals surface area (Å²) < 4.78 is 5.63. The number of amides is 1. The molecule has 0 saturated carbocycles. The van der Waals surface area contributed by atoms with Crippen molar-refractivity contribution in [2.75, 3.05) is 19.7 Å². The van der Waals surface area contributed by atoms with Crippen LogP contribution in [0.3, 0.4) is 0 Å². The average molecular weight is 291 g/mol. The number of likely N-dealkylation sites (tertiary alicyclic amines) is 1. The molecular weight excluding hydrogens is 266 g/mol. The van der Waals surface area contributed by atoms with Crippen molar-refractivity contribution in [1.82, 2.24) is 4.90 Å². The molecule has 0 aromatic heterocycles. The molecule has 0 radical (unpaired) electrons. The lowest BCUT2D eigenvalue weighted by atomic mass is 9.96. The normalized spacial score (nSPS) is 22.1. The van der Waals surface area contributed by atoms with E-state index < -0.39 is 0 Å². The standard InChI is InChI=1S/C17H25NO3/c1-13-5-7-15(8-6-13)21-11-3-4-17(20)18-10-9-16(19)14(2)12-18/h5-8,14,16,19H,3-4,9-12H2,1-2H3. The second-order valence-electron chi connectivity index (χ2n) is 5.94. The number of nitrogens with zero attached hydrogens (tertiary/aromatic N) is 1. The highest BCUT2D eigenvalue weighted by atomic mass is 16.5. The Morgan fingerprint density at radius 2 is 2.10 bits per heavy atom. The number of ether oxygens (including phenoxy) is 1. The van der Waals surface area contributed by atoms with Crippen LogP contribution in [-0.2, 0) is 4.79 Å². The lowest BCUT2D eigenvalue weighted by molar-refractivity contribution is -0.134. The van der Waals surface area contributed by atoms with E-state index in [4.69, 9.17) is 4.74 Å². The van der Waals surface area contributed by atoms with Gasteiger partial charge in [0.05, 0.1) is 12.7 Å². The van der Waals surface area contributed by atoms with Gasteiger partial charge in [0.1, 0.15) is 5.75 Å². The Morgan fingerprint density at radius 1 is 1.38 bits per heavy atom. The fourth-order valence-corrected chi connectivity index (χ4v) is 2.57. The SMILES string of the molecule is Cc1ccc(OCCCC(=O)N2CCC(O)C(C)C2)cc1. The van der Waals surface area contributed by atoms with E-state index in [1.165, 1.54) is 5.56 Å². The molecule has 2 atom stereocenters. The van der Waals surface area contributed by atoms with Gasteiger partial charge in [-0.25, -0.2) is 0 Å². The number of carbonyl (C=O) groups is 1. The van der Waals surface area contributed by atoms with Gasteiger partial charge in [-0.2, -0.15) is 0 Å². The van der Waals surface area contributed by atoms with Gasteiger partial charge in [0, 0.05) is 19.5 Å². The third kappa shape index (κ3) is 4.74. The smallest absolute Gasteiger partial charge is 0.222 e. The van der Waals surface area contributed by atoms with Gasteiger partial charge in [-0.05, 0) is 37.8 Å². The Labute approximate surface area is 126 Å². The van der Waals surface area contributed by atoms with Crippen molar-refractivity contribution in [3.63, 3.8) is 0 Å². The van der Waals surface area contributed by atoms with E-state index >= 15 is 0 Å². The number of carbonyl (C=O) groups excluding carboxylic acids is 1. The number of hydrogen-bond acceptors (Lipinski definition) is 3. The number of piperidine rings is 1. The summed E-state index contributed by atoms with van der Waals surface area (Å²) in [6.07, 6.45) is 1.65. The fraction of sp³-hybridized carbons (Fsp3) is 0.588. The van der Waals surface area contributed by atoms with Gasteiger partial charge >= 0.3 is 0 Å². The molecule has 4 heteroatoms. The van der Waals surface area contributed by atoms with Crippen molar-refractivity contribution in [1.29, 1.82) is 0 Å². The predicted molar refractivity (Wildman–Crippen MR) is 82.3 cm³/mol. The molecule has 2 rings (SSSR count). The van der Waals surface area contributed by atoms with Crippen LogP contribution in [0.15, 0.2) is 24.3 Å². The largest absolute Gasteiger partial charge is 0.494 e. The Kier molecular flexibility index (Phi) is 5.62. The van der Waals surface area contributed by atoms with Crippen LogP contribution in [0.5, 0.6) is 5.75 Å². The molecule has 1 saturated heterocycles. The van der Waals surface area contributed by atoms with E-state index in [0.29, 0.717) is 32.5 Å². The minimum absolute atomic E-state index is 0.168. The van der Waals surface area contributed by atoms with Gasteiger partial charge in [0.25, 0.3) is 0 Å². The summed E-state index contributed by atoms with van der Waals surface area (Å²) in [6, 6.07) is 7.93. The molecule has 0 bridgehead atoms. The van der Waals surface area contributed by atoms with E-state index in [9.17, 15) is 9.90 Å². The molecule has 1 aliphatic heterocycles. The van der Waals surface area contributed by atoms with E-state index in [1.807, 2.05) is 43.0 Å². The van der Waals surface area contributed by atoms with E-state index in [0.717, 1.165) is 12.2 Å². The summed E-state index contributed by atoms with van der Waals surface area (Å²) >= 11 is 0. The van der Waals surface area contributed by atoms with Crippen LogP contribution in [-0.4, -0.2) is 41.7 Å². The van der Waals surface area contributed by atoms with Crippen molar-refractivity contribution >= 4 is 5.91 Å². The van der Waals surface area contributed by atoms with E-state index in [-0.39, 0.29) is 17.9 Å². The highest BCUT2D eigenvalue weighted by Crippen LogP contribution is 2.17. The molecule has 1 heterocycles. The molecule has 1 aliphatic rings. The fourth-order valence-electron chi connectivity index (χ4n) is 2.57. The number of benzene rings is 1. The second-order valence-corrected chi connectivity index (χ2v) is 5.94. The summed E-state index contributed by atoms with van der Waals surface area (Å²) in [7, 11) is 0. The molecule has 116 valence electrons. The maximum absolute atomic E-state index is 12.1. The quantitative estimate of drug-likeness (QED) is 0.847. The van der Waals surface area contributed by atoms with Crippen LogP contribution in [0.4, 0.5) is 0 Å². The first-order valence-corrected chi connectivity index (χ1v) is 7.71. The third-order valence-corrected chi connectivity index (χ3v) is 4.04. The van der Waals surface area contributed by atoms with Crippen molar-refractivity contribution in [3.05, 3.63) is 29.8 Å². The Morgan fingerprint density at radius 3 is 2.76 bits per heavy atom. The van der Waals surface area contributed by atoms with Gasteiger partial charge < -0.3 is 14.7 Å². The zero-order valence-electron chi connectivity index (χ0n) is 12.9. The lowest BCUT2D eigenvalue weighted by Gasteiger charge is -2.34.